The van der Waals surface area contributed by atoms with Crippen LogP contribution in [0.5, 0.6) is 11.5 Å². The van der Waals surface area contributed by atoms with Crippen molar-refractivity contribution in [1.29, 1.82) is 0 Å². The van der Waals surface area contributed by atoms with Gasteiger partial charge in [-0.1, -0.05) is 25.5 Å². The van der Waals surface area contributed by atoms with Gasteiger partial charge in [0.05, 0.1) is 30.7 Å². The fourth-order valence-corrected chi connectivity index (χ4v) is 4.01. The lowest BCUT2D eigenvalue weighted by molar-refractivity contribution is -0.122. The van der Waals surface area contributed by atoms with E-state index in [1.807, 2.05) is 6.92 Å². The summed E-state index contributed by atoms with van der Waals surface area (Å²) in [6.07, 6.45) is 4.57. The van der Waals surface area contributed by atoms with Crippen LogP contribution in [0.4, 0.5) is 4.39 Å². The number of amides is 1. The van der Waals surface area contributed by atoms with Crippen molar-refractivity contribution in [3.05, 3.63) is 58.6 Å². The van der Waals surface area contributed by atoms with Crippen LogP contribution in [0.25, 0.3) is 22.0 Å². The van der Waals surface area contributed by atoms with E-state index in [1.165, 1.54) is 12.1 Å². The van der Waals surface area contributed by atoms with Crippen molar-refractivity contribution in [2.75, 3.05) is 26.8 Å². The van der Waals surface area contributed by atoms with Crippen LogP contribution < -0.4 is 31.7 Å². The van der Waals surface area contributed by atoms with Crippen molar-refractivity contribution in [2.24, 2.45) is 11.5 Å². The summed E-state index contributed by atoms with van der Waals surface area (Å²) < 4.78 is 27.9. The number of carbonyl (C=O) groups is 1. The number of nitrogens with one attached hydrogen (secondary N) is 1. The molecule has 0 unspecified atom stereocenters. The van der Waals surface area contributed by atoms with E-state index in [2.05, 4.69) is 5.32 Å². The Labute approximate surface area is 210 Å². The number of rotatable bonds is 13. The van der Waals surface area contributed by atoms with Gasteiger partial charge in [0.2, 0.25) is 5.91 Å². The lowest BCUT2D eigenvalue weighted by atomic mass is 10.0. The van der Waals surface area contributed by atoms with E-state index in [-0.39, 0.29) is 24.4 Å². The second kappa shape index (κ2) is 13.0. The Morgan fingerprint density at radius 2 is 1.92 bits per heavy atom. The molecule has 3 aromatic rings. The number of fused-ring (bicyclic) bond motifs is 1. The summed E-state index contributed by atoms with van der Waals surface area (Å²) >= 11 is 0. The summed E-state index contributed by atoms with van der Waals surface area (Å²) in [6, 6.07) is 9.14. The van der Waals surface area contributed by atoms with Crippen LogP contribution >= 0.6 is 0 Å². The topological polar surface area (TPSA) is 122 Å². The van der Waals surface area contributed by atoms with Crippen molar-refractivity contribution in [2.45, 2.75) is 45.2 Å². The number of benzene rings is 2. The van der Waals surface area contributed by atoms with Gasteiger partial charge in [0.15, 0.2) is 5.43 Å². The van der Waals surface area contributed by atoms with Gasteiger partial charge in [-0.2, -0.15) is 0 Å². The molecule has 0 saturated heterocycles. The zero-order valence-electron chi connectivity index (χ0n) is 20.9. The van der Waals surface area contributed by atoms with Gasteiger partial charge in [-0.15, -0.1) is 0 Å². The molecule has 0 bridgehead atoms. The van der Waals surface area contributed by atoms with Gasteiger partial charge >= 0.3 is 0 Å². The molecule has 2 aromatic carbocycles. The van der Waals surface area contributed by atoms with Gasteiger partial charge in [0.25, 0.3) is 0 Å². The zero-order valence-corrected chi connectivity index (χ0v) is 20.9. The number of hydrogen-bond donors (Lipinski definition) is 3. The minimum absolute atomic E-state index is 0.0540. The van der Waals surface area contributed by atoms with Crippen molar-refractivity contribution >= 4 is 16.8 Å². The summed E-state index contributed by atoms with van der Waals surface area (Å²) in [7, 11) is 1.56. The van der Waals surface area contributed by atoms with Gasteiger partial charge in [-0.3, -0.25) is 9.59 Å². The van der Waals surface area contributed by atoms with E-state index < -0.39 is 17.3 Å². The first-order chi connectivity index (χ1) is 17.4. The van der Waals surface area contributed by atoms with Gasteiger partial charge in [-0.25, -0.2) is 4.39 Å². The fourth-order valence-electron chi connectivity index (χ4n) is 4.01. The molecule has 1 atom stereocenters. The van der Waals surface area contributed by atoms with Crippen LogP contribution in [0.15, 0.2) is 47.4 Å². The standard InChI is InChI=1S/C27H35FN4O4/c1-3-16-36-23-12-11-21(28)24-25(23)32(15-14-31-27(34)22(30)6-4-5-13-29)17-20(26(24)33)18-7-9-19(35-2)10-8-18/h7-12,17,22H,3-6,13-16,29-30H2,1-2H3,(H,31,34)/t22-/m0/s1. The Morgan fingerprint density at radius 1 is 1.17 bits per heavy atom. The Balaban J connectivity index is 1.99. The van der Waals surface area contributed by atoms with E-state index in [0.29, 0.717) is 47.7 Å². The summed E-state index contributed by atoms with van der Waals surface area (Å²) in [5, 5.41) is 2.79. The number of methoxy groups -OCH3 is 1. The first kappa shape index (κ1) is 27.2. The second-order valence-electron chi connectivity index (χ2n) is 8.59. The Kier molecular flexibility index (Phi) is 9.84. The molecule has 0 spiro atoms. The number of aromatic nitrogens is 1. The number of hydrogen-bond acceptors (Lipinski definition) is 6. The maximum absolute atomic E-state index is 15.1. The molecule has 194 valence electrons. The summed E-state index contributed by atoms with van der Waals surface area (Å²) in [4.78, 5) is 25.9. The molecule has 3 rings (SSSR count). The Bertz CT molecular complexity index is 1230. The van der Waals surface area contributed by atoms with Crippen molar-refractivity contribution in [3.8, 4) is 22.6 Å². The lowest BCUT2D eigenvalue weighted by Gasteiger charge is -2.18. The number of nitrogens with two attached hydrogens (primary N) is 2. The molecule has 5 N–H and O–H groups in total. The van der Waals surface area contributed by atoms with Crippen LogP contribution in [0.2, 0.25) is 0 Å². The molecule has 9 heteroatoms. The molecule has 1 amide bonds. The van der Waals surface area contributed by atoms with Gasteiger partial charge < -0.3 is 30.8 Å². The number of carbonyl (C=O) groups excluding carboxylic acids is 1. The normalized spacial score (nSPS) is 11.9. The SMILES string of the molecule is CCCOc1ccc(F)c2c(=O)c(-c3ccc(OC)cc3)cn(CCNC(=O)[C@@H](N)CCCCN)c12. The smallest absolute Gasteiger partial charge is 0.236 e. The van der Waals surface area contributed by atoms with Crippen LogP contribution in [-0.2, 0) is 11.3 Å². The first-order valence-electron chi connectivity index (χ1n) is 12.3. The Morgan fingerprint density at radius 3 is 2.58 bits per heavy atom. The maximum atomic E-state index is 15.1. The molecule has 1 heterocycles. The molecule has 0 fully saturated rings. The van der Waals surface area contributed by atoms with E-state index in [1.54, 1.807) is 42.1 Å². The molecule has 1 aromatic heterocycles. The minimum Gasteiger partial charge on any atom is -0.497 e. The number of pyridine rings is 1. The number of halogens is 1. The average molecular weight is 499 g/mol. The molecular weight excluding hydrogens is 463 g/mol. The largest absolute Gasteiger partial charge is 0.497 e. The molecule has 0 aliphatic rings. The van der Waals surface area contributed by atoms with Gasteiger partial charge in [-0.05, 0) is 55.6 Å². The third-order valence-electron chi connectivity index (χ3n) is 5.95. The molecular formula is C27H35FN4O4. The van der Waals surface area contributed by atoms with E-state index in [9.17, 15) is 9.59 Å². The van der Waals surface area contributed by atoms with Gasteiger partial charge in [0, 0.05) is 24.8 Å². The van der Waals surface area contributed by atoms with Crippen LogP contribution in [0.1, 0.15) is 32.6 Å². The highest BCUT2D eigenvalue weighted by atomic mass is 19.1. The molecule has 0 aliphatic heterocycles. The van der Waals surface area contributed by atoms with Crippen LogP contribution in [0.3, 0.4) is 0 Å². The molecule has 0 radical (unpaired) electrons. The minimum atomic E-state index is -0.631. The second-order valence-corrected chi connectivity index (χ2v) is 8.59. The van der Waals surface area contributed by atoms with E-state index >= 15 is 4.39 Å². The summed E-state index contributed by atoms with van der Waals surface area (Å²) in [6.45, 7) is 3.47. The highest BCUT2D eigenvalue weighted by molar-refractivity contribution is 5.89. The van der Waals surface area contributed by atoms with Crippen molar-refractivity contribution in [3.63, 3.8) is 0 Å². The quantitative estimate of drug-likeness (QED) is 0.311. The zero-order chi connectivity index (χ0) is 26.1. The number of unbranched alkanes of at least 4 members (excludes halogenated alkanes) is 1. The summed E-state index contributed by atoms with van der Waals surface area (Å²) in [5.41, 5.74) is 12.4. The van der Waals surface area contributed by atoms with Crippen LogP contribution in [-0.4, -0.2) is 43.3 Å². The highest BCUT2D eigenvalue weighted by Gasteiger charge is 2.19. The van der Waals surface area contributed by atoms with Crippen LogP contribution in [0, 0.1) is 5.82 Å². The molecule has 36 heavy (non-hydrogen) atoms. The summed E-state index contributed by atoms with van der Waals surface area (Å²) in [5.74, 6) is 0.165. The number of nitrogens with zero attached hydrogens (tertiary/aromatic N) is 1. The third-order valence-corrected chi connectivity index (χ3v) is 5.95. The predicted molar refractivity (Wildman–Crippen MR) is 140 cm³/mol. The van der Waals surface area contributed by atoms with E-state index in [0.717, 1.165) is 19.3 Å². The van der Waals surface area contributed by atoms with Gasteiger partial charge in [0.1, 0.15) is 17.3 Å². The molecule has 0 saturated carbocycles. The maximum Gasteiger partial charge on any atom is 0.236 e. The monoisotopic (exact) mass is 498 g/mol. The fraction of sp³-hybridized carbons (Fsp3) is 0.407. The van der Waals surface area contributed by atoms with Crippen molar-refractivity contribution in [1.82, 2.24) is 9.88 Å². The highest BCUT2D eigenvalue weighted by Crippen LogP contribution is 2.29. The molecule has 8 nitrogen and oxygen atoms in total. The Hall–Kier alpha value is -3.43. The average Bonchev–Trinajstić information content (AvgIpc) is 2.89. The first-order valence-corrected chi connectivity index (χ1v) is 12.3. The van der Waals surface area contributed by atoms with Crippen molar-refractivity contribution < 1.29 is 18.7 Å². The third kappa shape index (κ3) is 6.41. The molecule has 0 aliphatic carbocycles. The number of ether oxygens (including phenoxy) is 2. The predicted octanol–water partition coefficient (Wildman–Crippen LogP) is 3.18. The lowest BCUT2D eigenvalue weighted by Crippen LogP contribution is -2.41. The van der Waals surface area contributed by atoms with E-state index in [4.69, 9.17) is 20.9 Å².